The smallest absolute Gasteiger partial charge is 0.279 e. The van der Waals surface area contributed by atoms with E-state index in [1.807, 2.05) is 19.0 Å². The molecule has 19 heavy (non-hydrogen) atoms. The molecule has 0 aliphatic carbocycles. The Kier molecular flexibility index (Phi) is 4.33. The van der Waals surface area contributed by atoms with E-state index in [9.17, 15) is 8.42 Å². The zero-order valence-corrected chi connectivity index (χ0v) is 12.0. The maximum atomic E-state index is 12.0. The van der Waals surface area contributed by atoms with Gasteiger partial charge in [0.2, 0.25) is 0 Å². The summed E-state index contributed by atoms with van der Waals surface area (Å²) in [7, 11) is 0.349. The molecule has 7 nitrogen and oxygen atoms in total. The Bertz CT molecular complexity index is 526. The molecule has 0 amide bonds. The molecule has 0 aromatic carbocycles. The fourth-order valence-corrected chi connectivity index (χ4v) is 3.13. The Hall–Kier alpha value is -1.25. The number of rotatable bonds is 5. The molecule has 0 atom stereocenters. The van der Waals surface area contributed by atoms with E-state index in [2.05, 4.69) is 14.7 Å². The van der Waals surface area contributed by atoms with E-state index in [0.717, 1.165) is 18.7 Å². The molecular formula is C11H19N5O2S. The summed E-state index contributed by atoms with van der Waals surface area (Å²) in [4.78, 5) is 10.2. The Balaban J connectivity index is 2.00. The molecule has 2 rings (SSSR count). The van der Waals surface area contributed by atoms with E-state index in [-0.39, 0.29) is 6.54 Å². The molecule has 0 unspecified atom stereocenters. The lowest BCUT2D eigenvalue weighted by atomic mass is 10.4. The summed E-state index contributed by atoms with van der Waals surface area (Å²) in [6.07, 6.45) is 3.48. The van der Waals surface area contributed by atoms with Crippen molar-refractivity contribution in [3.8, 4) is 0 Å². The first-order valence-electron chi connectivity index (χ1n) is 6.23. The molecular weight excluding hydrogens is 266 g/mol. The second-order valence-corrected chi connectivity index (χ2v) is 6.41. The van der Waals surface area contributed by atoms with Gasteiger partial charge in [0.05, 0.1) is 6.54 Å². The summed E-state index contributed by atoms with van der Waals surface area (Å²) >= 11 is 0. The van der Waals surface area contributed by atoms with Gasteiger partial charge in [0.25, 0.3) is 10.2 Å². The van der Waals surface area contributed by atoms with Gasteiger partial charge in [0, 0.05) is 33.4 Å². The van der Waals surface area contributed by atoms with Crippen molar-refractivity contribution in [2.24, 2.45) is 0 Å². The van der Waals surface area contributed by atoms with Crippen LogP contribution in [0.3, 0.4) is 0 Å². The maximum absolute atomic E-state index is 12.0. The summed E-state index contributed by atoms with van der Waals surface area (Å²) in [5, 5.41) is 0. The third-order valence-corrected chi connectivity index (χ3v) is 4.52. The predicted octanol–water partition coefficient (Wildman–Crippen LogP) is -0.0272. The van der Waals surface area contributed by atoms with E-state index in [0.29, 0.717) is 18.9 Å². The van der Waals surface area contributed by atoms with E-state index >= 15 is 0 Å². The quantitative estimate of drug-likeness (QED) is 0.822. The minimum absolute atomic E-state index is 0.112. The second-order valence-electron chi connectivity index (χ2n) is 4.66. The van der Waals surface area contributed by atoms with Crippen LogP contribution in [-0.4, -0.2) is 49.9 Å². The van der Waals surface area contributed by atoms with E-state index in [1.165, 1.54) is 4.31 Å². The molecule has 8 heteroatoms. The van der Waals surface area contributed by atoms with Crippen molar-refractivity contribution < 1.29 is 8.42 Å². The summed E-state index contributed by atoms with van der Waals surface area (Å²) in [6.45, 7) is 1.29. The van der Waals surface area contributed by atoms with Crippen molar-refractivity contribution in [3.63, 3.8) is 0 Å². The van der Waals surface area contributed by atoms with Gasteiger partial charge in [-0.2, -0.15) is 17.4 Å². The van der Waals surface area contributed by atoms with Crippen LogP contribution < -0.4 is 9.62 Å². The van der Waals surface area contributed by atoms with Crippen LogP contribution in [0.25, 0.3) is 0 Å². The van der Waals surface area contributed by atoms with Crippen LogP contribution in [0.1, 0.15) is 18.7 Å². The number of anilines is 1. The monoisotopic (exact) mass is 285 g/mol. The summed E-state index contributed by atoms with van der Waals surface area (Å²) < 4.78 is 27.9. The normalized spacial score (nSPS) is 16.7. The van der Waals surface area contributed by atoms with Crippen molar-refractivity contribution in [2.75, 3.05) is 32.1 Å². The van der Waals surface area contributed by atoms with Gasteiger partial charge in [0.1, 0.15) is 11.6 Å². The van der Waals surface area contributed by atoms with E-state index in [1.54, 1.807) is 12.3 Å². The highest BCUT2D eigenvalue weighted by Crippen LogP contribution is 2.11. The van der Waals surface area contributed by atoms with Gasteiger partial charge in [0.15, 0.2) is 0 Å². The predicted molar refractivity (Wildman–Crippen MR) is 72.9 cm³/mol. The van der Waals surface area contributed by atoms with Crippen molar-refractivity contribution in [1.29, 1.82) is 0 Å². The molecule has 1 saturated heterocycles. The first-order valence-corrected chi connectivity index (χ1v) is 7.67. The first kappa shape index (κ1) is 14.2. The van der Waals surface area contributed by atoms with Crippen LogP contribution >= 0.6 is 0 Å². The summed E-state index contributed by atoms with van der Waals surface area (Å²) in [5.41, 5.74) is 0. The number of hydrogen-bond acceptors (Lipinski definition) is 5. The lowest BCUT2D eigenvalue weighted by Crippen LogP contribution is -2.38. The standard InChI is InChI=1S/C11H19N5O2S/c1-15(2)11-5-6-12-10(14-11)9-13-19(17,18)16-7-3-4-8-16/h5-6,13H,3-4,7-9H2,1-2H3. The number of nitrogens with zero attached hydrogens (tertiary/aromatic N) is 4. The molecule has 2 heterocycles. The molecule has 1 aliphatic rings. The van der Waals surface area contributed by atoms with E-state index in [4.69, 9.17) is 0 Å². The van der Waals surface area contributed by atoms with Gasteiger partial charge in [-0.3, -0.25) is 0 Å². The number of nitrogens with one attached hydrogen (secondary N) is 1. The maximum Gasteiger partial charge on any atom is 0.279 e. The van der Waals surface area contributed by atoms with Crippen molar-refractivity contribution in [1.82, 2.24) is 19.0 Å². The van der Waals surface area contributed by atoms with Crippen molar-refractivity contribution in [2.45, 2.75) is 19.4 Å². The average molecular weight is 285 g/mol. The zero-order chi connectivity index (χ0) is 13.9. The van der Waals surface area contributed by atoms with Gasteiger partial charge in [-0.15, -0.1) is 0 Å². The highest BCUT2D eigenvalue weighted by atomic mass is 32.2. The van der Waals surface area contributed by atoms with Gasteiger partial charge in [-0.25, -0.2) is 9.97 Å². The fourth-order valence-electron chi connectivity index (χ4n) is 1.90. The fraction of sp³-hybridized carbons (Fsp3) is 0.636. The molecule has 1 aromatic rings. The highest BCUT2D eigenvalue weighted by Gasteiger charge is 2.24. The molecule has 1 fully saturated rings. The third kappa shape index (κ3) is 3.62. The topological polar surface area (TPSA) is 78.4 Å². The lowest BCUT2D eigenvalue weighted by Gasteiger charge is -2.16. The Morgan fingerprint density at radius 3 is 2.68 bits per heavy atom. The Labute approximate surface area is 113 Å². The van der Waals surface area contributed by atoms with Gasteiger partial charge >= 0.3 is 0 Å². The van der Waals surface area contributed by atoms with Gasteiger partial charge in [-0.1, -0.05) is 0 Å². The molecule has 0 radical (unpaired) electrons. The van der Waals surface area contributed by atoms with Crippen LogP contribution in [0.5, 0.6) is 0 Å². The Morgan fingerprint density at radius 2 is 2.05 bits per heavy atom. The number of aromatic nitrogens is 2. The SMILES string of the molecule is CN(C)c1ccnc(CNS(=O)(=O)N2CCCC2)n1. The van der Waals surface area contributed by atoms with Crippen LogP contribution in [0.15, 0.2) is 12.3 Å². The molecule has 1 aliphatic heterocycles. The molecule has 1 N–H and O–H groups in total. The third-order valence-electron chi connectivity index (χ3n) is 2.97. The molecule has 0 spiro atoms. The van der Waals surface area contributed by atoms with Gasteiger partial charge < -0.3 is 4.90 Å². The molecule has 1 aromatic heterocycles. The molecule has 0 bridgehead atoms. The lowest BCUT2D eigenvalue weighted by molar-refractivity contribution is 0.463. The van der Waals surface area contributed by atoms with Crippen LogP contribution in [0.4, 0.5) is 5.82 Å². The minimum Gasteiger partial charge on any atom is -0.363 e. The number of hydrogen-bond donors (Lipinski definition) is 1. The first-order chi connectivity index (χ1) is 8.99. The summed E-state index contributed by atoms with van der Waals surface area (Å²) in [5.74, 6) is 1.22. The minimum atomic E-state index is -3.40. The van der Waals surface area contributed by atoms with Crippen LogP contribution in [-0.2, 0) is 16.8 Å². The van der Waals surface area contributed by atoms with Gasteiger partial charge in [-0.05, 0) is 18.9 Å². The van der Waals surface area contributed by atoms with E-state index < -0.39 is 10.2 Å². The Morgan fingerprint density at radius 1 is 1.37 bits per heavy atom. The van der Waals surface area contributed by atoms with Crippen LogP contribution in [0.2, 0.25) is 0 Å². The second kappa shape index (κ2) is 5.81. The average Bonchev–Trinajstić information content (AvgIpc) is 2.91. The highest BCUT2D eigenvalue weighted by molar-refractivity contribution is 7.87. The van der Waals surface area contributed by atoms with Crippen molar-refractivity contribution in [3.05, 3.63) is 18.1 Å². The van der Waals surface area contributed by atoms with Crippen molar-refractivity contribution >= 4 is 16.0 Å². The zero-order valence-electron chi connectivity index (χ0n) is 11.2. The molecule has 0 saturated carbocycles. The largest absolute Gasteiger partial charge is 0.363 e. The summed E-state index contributed by atoms with van der Waals surface area (Å²) in [6, 6.07) is 1.78. The molecule has 106 valence electrons. The van der Waals surface area contributed by atoms with Crippen LogP contribution in [0, 0.1) is 0 Å².